The van der Waals surface area contributed by atoms with Gasteiger partial charge in [0.25, 0.3) is 0 Å². The first-order valence-electron chi connectivity index (χ1n) is 3.32. The largest absolute Gasteiger partial charge is 0.273 e. The van der Waals surface area contributed by atoms with Gasteiger partial charge in [-0.15, -0.1) is 0 Å². The Bertz CT molecular complexity index is 355. The van der Waals surface area contributed by atoms with Gasteiger partial charge in [0, 0.05) is 16.8 Å². The van der Waals surface area contributed by atoms with Gasteiger partial charge < -0.3 is 0 Å². The summed E-state index contributed by atoms with van der Waals surface area (Å²) in [6.07, 6.45) is 1.90. The molecule has 62 valence electrons. The molecular formula is C7H4BrClN2O. The molecule has 3 nitrogen and oxygen atoms in total. The van der Waals surface area contributed by atoms with Crippen molar-refractivity contribution in [2.75, 3.05) is 3.93 Å². The fraction of sp³-hybridized carbons (Fsp3) is 0.143. The quantitative estimate of drug-likeness (QED) is 0.656. The Balaban J connectivity index is 2.60. The maximum atomic E-state index is 11.2. The van der Waals surface area contributed by atoms with Crippen molar-refractivity contribution in [3.8, 4) is 0 Å². The van der Waals surface area contributed by atoms with Crippen LogP contribution in [0.25, 0.3) is 0 Å². The molecule has 1 aromatic rings. The first-order chi connectivity index (χ1) is 5.70. The molecule has 12 heavy (non-hydrogen) atoms. The molecule has 0 spiro atoms. The number of pyridine rings is 1. The summed E-state index contributed by atoms with van der Waals surface area (Å²) in [6, 6.07) is 1.68. The third-order valence-corrected chi connectivity index (χ3v) is 2.79. The van der Waals surface area contributed by atoms with E-state index in [0.717, 1.165) is 5.56 Å². The molecule has 0 aliphatic carbocycles. The van der Waals surface area contributed by atoms with E-state index in [9.17, 15) is 4.79 Å². The van der Waals surface area contributed by atoms with Crippen LogP contribution in [0.5, 0.6) is 0 Å². The molecule has 0 unspecified atom stereocenters. The summed E-state index contributed by atoms with van der Waals surface area (Å²) in [4.78, 5) is 15.2. The Morgan fingerprint density at radius 1 is 1.67 bits per heavy atom. The minimum atomic E-state index is -0.0365. The van der Waals surface area contributed by atoms with Crippen LogP contribution in [-0.2, 0) is 11.2 Å². The number of nitrogens with zero attached hydrogens (tertiary/aromatic N) is 2. The lowest BCUT2D eigenvalue weighted by Crippen LogP contribution is -2.14. The van der Waals surface area contributed by atoms with Gasteiger partial charge in [0.15, 0.2) is 5.82 Å². The third-order valence-electron chi connectivity index (χ3n) is 1.71. The summed E-state index contributed by atoms with van der Waals surface area (Å²) in [5.41, 5.74) is 0.793. The van der Waals surface area contributed by atoms with Gasteiger partial charge >= 0.3 is 0 Å². The van der Waals surface area contributed by atoms with Crippen LogP contribution in [0.2, 0.25) is 5.02 Å². The number of fused-ring (bicyclic) bond motifs is 1. The van der Waals surface area contributed by atoms with Gasteiger partial charge in [-0.1, -0.05) is 11.6 Å². The fourth-order valence-corrected chi connectivity index (χ4v) is 1.77. The van der Waals surface area contributed by atoms with Crippen molar-refractivity contribution in [3.05, 3.63) is 22.8 Å². The van der Waals surface area contributed by atoms with Crippen molar-refractivity contribution in [1.82, 2.24) is 4.98 Å². The number of carbonyl (C=O) groups is 1. The highest BCUT2D eigenvalue weighted by Crippen LogP contribution is 2.33. The Kier molecular flexibility index (Phi) is 1.81. The number of amides is 1. The predicted molar refractivity (Wildman–Crippen MR) is 49.4 cm³/mol. The standard InChI is InChI=1S/C7H4BrClN2O/c8-11-6(12)3-4-5(9)1-2-10-7(4)11/h1-2H,3H2. The topological polar surface area (TPSA) is 33.2 Å². The lowest BCUT2D eigenvalue weighted by Gasteiger charge is -2.04. The molecule has 0 N–H and O–H groups in total. The molecule has 0 fully saturated rings. The van der Waals surface area contributed by atoms with Gasteiger partial charge in [0.05, 0.1) is 22.6 Å². The fourth-order valence-electron chi connectivity index (χ4n) is 1.13. The molecule has 0 aromatic carbocycles. The highest BCUT2D eigenvalue weighted by Gasteiger charge is 2.28. The van der Waals surface area contributed by atoms with Gasteiger partial charge in [-0.3, -0.25) is 4.79 Å². The van der Waals surface area contributed by atoms with E-state index >= 15 is 0 Å². The smallest absolute Gasteiger partial charge is 0.242 e. The summed E-state index contributed by atoms with van der Waals surface area (Å²) >= 11 is 8.96. The lowest BCUT2D eigenvalue weighted by molar-refractivity contribution is -0.116. The molecule has 1 aliphatic heterocycles. The molecule has 1 aliphatic rings. The number of hydrogen-bond acceptors (Lipinski definition) is 2. The molecule has 1 aromatic heterocycles. The molecule has 0 saturated heterocycles. The second-order valence-electron chi connectivity index (χ2n) is 2.45. The van der Waals surface area contributed by atoms with Crippen LogP contribution in [0.15, 0.2) is 12.3 Å². The number of aromatic nitrogens is 1. The molecule has 0 radical (unpaired) electrons. The van der Waals surface area contributed by atoms with E-state index in [2.05, 4.69) is 21.1 Å². The summed E-state index contributed by atoms with van der Waals surface area (Å²) in [5.74, 6) is 0.568. The van der Waals surface area contributed by atoms with E-state index in [1.54, 1.807) is 12.3 Å². The molecule has 2 rings (SSSR count). The van der Waals surface area contributed by atoms with Crippen LogP contribution in [0.1, 0.15) is 5.56 Å². The normalized spacial score (nSPS) is 15.2. The summed E-state index contributed by atoms with van der Waals surface area (Å²) < 4.78 is 1.34. The zero-order chi connectivity index (χ0) is 8.72. The van der Waals surface area contributed by atoms with Gasteiger partial charge in [-0.2, -0.15) is 0 Å². The Labute approximate surface area is 82.7 Å². The molecule has 1 amide bonds. The number of hydrogen-bond donors (Lipinski definition) is 0. The molecule has 0 saturated carbocycles. The lowest BCUT2D eigenvalue weighted by atomic mass is 10.2. The maximum Gasteiger partial charge on any atom is 0.242 e. The summed E-state index contributed by atoms with van der Waals surface area (Å²) in [6.45, 7) is 0. The van der Waals surface area contributed by atoms with Crippen molar-refractivity contribution in [2.24, 2.45) is 0 Å². The number of carbonyl (C=O) groups excluding carboxylic acids is 1. The van der Waals surface area contributed by atoms with E-state index in [0.29, 0.717) is 17.3 Å². The minimum Gasteiger partial charge on any atom is -0.273 e. The van der Waals surface area contributed by atoms with E-state index in [1.807, 2.05) is 0 Å². The monoisotopic (exact) mass is 246 g/mol. The van der Waals surface area contributed by atoms with Crippen LogP contribution in [0.3, 0.4) is 0 Å². The molecule has 5 heteroatoms. The van der Waals surface area contributed by atoms with Gasteiger partial charge in [0.1, 0.15) is 0 Å². The SMILES string of the molecule is O=C1Cc2c(Cl)ccnc2N1Br. The van der Waals surface area contributed by atoms with E-state index in [4.69, 9.17) is 11.6 Å². The maximum absolute atomic E-state index is 11.2. The van der Waals surface area contributed by atoms with Crippen molar-refractivity contribution < 1.29 is 4.79 Å². The highest BCUT2D eigenvalue weighted by molar-refractivity contribution is 9.10. The summed E-state index contributed by atoms with van der Waals surface area (Å²) in [5, 5.41) is 0.593. The van der Waals surface area contributed by atoms with Crippen molar-refractivity contribution in [3.63, 3.8) is 0 Å². The van der Waals surface area contributed by atoms with Crippen molar-refractivity contribution in [1.29, 1.82) is 0 Å². The molecular weight excluding hydrogens is 243 g/mol. The van der Waals surface area contributed by atoms with Crippen LogP contribution in [0, 0.1) is 0 Å². The van der Waals surface area contributed by atoms with Gasteiger partial charge in [-0.05, 0) is 6.07 Å². The predicted octanol–water partition coefficient (Wildman–Crippen LogP) is 1.93. The second-order valence-corrected chi connectivity index (χ2v) is 3.56. The zero-order valence-electron chi connectivity index (χ0n) is 5.92. The van der Waals surface area contributed by atoms with E-state index in [1.165, 1.54) is 3.93 Å². The van der Waals surface area contributed by atoms with Crippen LogP contribution in [0.4, 0.5) is 5.82 Å². The summed E-state index contributed by atoms with van der Waals surface area (Å²) in [7, 11) is 0. The van der Waals surface area contributed by atoms with E-state index < -0.39 is 0 Å². The van der Waals surface area contributed by atoms with Gasteiger partial charge in [-0.25, -0.2) is 8.91 Å². The Morgan fingerprint density at radius 3 is 3.08 bits per heavy atom. The first-order valence-corrected chi connectivity index (χ1v) is 4.41. The molecule has 2 heterocycles. The van der Waals surface area contributed by atoms with Crippen molar-refractivity contribution in [2.45, 2.75) is 6.42 Å². The second kappa shape index (κ2) is 2.71. The number of rotatable bonds is 0. The van der Waals surface area contributed by atoms with Crippen LogP contribution in [-0.4, -0.2) is 10.9 Å². The molecule has 0 bridgehead atoms. The number of halogens is 2. The van der Waals surface area contributed by atoms with Crippen molar-refractivity contribution >= 4 is 39.5 Å². The average molecular weight is 247 g/mol. The molecule has 0 atom stereocenters. The first kappa shape index (κ1) is 8.01. The van der Waals surface area contributed by atoms with Gasteiger partial charge in [0.2, 0.25) is 5.91 Å². The minimum absolute atomic E-state index is 0.0365. The van der Waals surface area contributed by atoms with Crippen LogP contribution < -0.4 is 3.93 Å². The average Bonchev–Trinajstić information content (AvgIpc) is 2.32. The van der Waals surface area contributed by atoms with Crippen LogP contribution >= 0.6 is 27.7 Å². The highest BCUT2D eigenvalue weighted by atomic mass is 79.9. The zero-order valence-corrected chi connectivity index (χ0v) is 8.26. The Hall–Kier alpha value is -0.610. The van der Waals surface area contributed by atoms with E-state index in [-0.39, 0.29) is 5.91 Å². The third kappa shape index (κ3) is 1.03. The Morgan fingerprint density at radius 2 is 2.42 bits per heavy atom. The number of anilines is 1.